The van der Waals surface area contributed by atoms with Crippen LogP contribution >= 0.6 is 23.7 Å². The molecule has 6 heteroatoms. The second kappa shape index (κ2) is 9.31. The molecule has 19 heavy (non-hydrogen) atoms. The van der Waals surface area contributed by atoms with E-state index < -0.39 is 5.41 Å². The number of amides is 1. The van der Waals surface area contributed by atoms with Crippen LogP contribution in [0.1, 0.15) is 18.7 Å². The number of rotatable bonds is 8. The zero-order chi connectivity index (χ0) is 13.4. The number of halogens is 1. The minimum atomic E-state index is -0.458. The van der Waals surface area contributed by atoms with E-state index in [9.17, 15) is 4.79 Å². The summed E-state index contributed by atoms with van der Waals surface area (Å²) in [4.78, 5) is 13.2. The van der Waals surface area contributed by atoms with Gasteiger partial charge in [-0.15, -0.1) is 23.7 Å². The van der Waals surface area contributed by atoms with E-state index >= 15 is 0 Å². The van der Waals surface area contributed by atoms with Crippen LogP contribution < -0.4 is 10.6 Å². The van der Waals surface area contributed by atoms with Crippen molar-refractivity contribution < 1.29 is 9.53 Å². The number of thiophene rings is 1. The summed E-state index contributed by atoms with van der Waals surface area (Å²) in [6.45, 7) is 6.79. The SMILES string of the molecule is COCCNCCNC(=O)C(C)(C)c1cccs1.Cl. The molecule has 4 nitrogen and oxygen atoms in total. The van der Waals surface area contributed by atoms with Crippen molar-refractivity contribution in [2.75, 3.05) is 33.4 Å². The lowest BCUT2D eigenvalue weighted by molar-refractivity contribution is -0.125. The Hall–Kier alpha value is -0.620. The molecule has 0 aliphatic rings. The predicted octanol–water partition coefficient (Wildman–Crippen LogP) is 1.80. The maximum atomic E-state index is 12.1. The maximum Gasteiger partial charge on any atom is 0.230 e. The summed E-state index contributed by atoms with van der Waals surface area (Å²) in [5.74, 6) is 0.0680. The van der Waals surface area contributed by atoms with Gasteiger partial charge in [0.05, 0.1) is 12.0 Å². The van der Waals surface area contributed by atoms with Crippen molar-refractivity contribution in [2.45, 2.75) is 19.3 Å². The molecule has 0 fully saturated rings. The van der Waals surface area contributed by atoms with Gasteiger partial charge in [0.15, 0.2) is 0 Å². The summed E-state index contributed by atoms with van der Waals surface area (Å²) in [5.41, 5.74) is -0.458. The number of carbonyl (C=O) groups is 1. The van der Waals surface area contributed by atoms with Gasteiger partial charge in [0, 0.05) is 31.6 Å². The van der Waals surface area contributed by atoms with Crippen molar-refractivity contribution in [3.63, 3.8) is 0 Å². The Bertz CT molecular complexity index is 356. The third kappa shape index (κ3) is 5.91. The molecule has 2 N–H and O–H groups in total. The van der Waals surface area contributed by atoms with Gasteiger partial charge in [-0.1, -0.05) is 6.07 Å². The van der Waals surface area contributed by atoms with Gasteiger partial charge < -0.3 is 15.4 Å². The highest BCUT2D eigenvalue weighted by molar-refractivity contribution is 7.10. The molecule has 0 aromatic carbocycles. The number of carbonyl (C=O) groups excluding carboxylic acids is 1. The van der Waals surface area contributed by atoms with Crippen LogP contribution in [-0.2, 0) is 14.9 Å². The number of hydrogen-bond acceptors (Lipinski definition) is 4. The van der Waals surface area contributed by atoms with Gasteiger partial charge in [-0.3, -0.25) is 4.79 Å². The lowest BCUT2D eigenvalue weighted by Gasteiger charge is -2.22. The monoisotopic (exact) mass is 306 g/mol. The largest absolute Gasteiger partial charge is 0.383 e. The van der Waals surface area contributed by atoms with Crippen molar-refractivity contribution >= 4 is 29.7 Å². The van der Waals surface area contributed by atoms with Crippen molar-refractivity contribution in [3.8, 4) is 0 Å². The van der Waals surface area contributed by atoms with Gasteiger partial charge in [0.2, 0.25) is 5.91 Å². The van der Waals surface area contributed by atoms with Gasteiger partial charge in [0.1, 0.15) is 0 Å². The first-order chi connectivity index (χ1) is 8.59. The van der Waals surface area contributed by atoms with Gasteiger partial charge in [0.25, 0.3) is 0 Å². The number of hydrogen-bond donors (Lipinski definition) is 2. The van der Waals surface area contributed by atoms with E-state index in [1.54, 1.807) is 18.4 Å². The average Bonchev–Trinajstić information content (AvgIpc) is 2.87. The maximum absolute atomic E-state index is 12.1. The molecule has 0 bridgehead atoms. The third-order valence-electron chi connectivity index (χ3n) is 2.78. The van der Waals surface area contributed by atoms with Crippen LogP contribution in [0.5, 0.6) is 0 Å². The van der Waals surface area contributed by atoms with Crippen LogP contribution in [0.3, 0.4) is 0 Å². The zero-order valence-corrected chi connectivity index (χ0v) is 13.3. The topological polar surface area (TPSA) is 50.4 Å². The fraction of sp³-hybridized carbons (Fsp3) is 0.615. The molecule has 110 valence electrons. The van der Waals surface area contributed by atoms with E-state index in [1.807, 2.05) is 31.4 Å². The van der Waals surface area contributed by atoms with E-state index in [-0.39, 0.29) is 18.3 Å². The summed E-state index contributed by atoms with van der Waals surface area (Å²) in [6, 6.07) is 3.97. The van der Waals surface area contributed by atoms with Gasteiger partial charge in [-0.05, 0) is 25.3 Å². The first kappa shape index (κ1) is 18.4. The zero-order valence-electron chi connectivity index (χ0n) is 11.7. The molecular weight excluding hydrogens is 284 g/mol. The summed E-state index contributed by atoms with van der Waals surface area (Å²) in [7, 11) is 1.67. The Morgan fingerprint density at radius 1 is 1.37 bits per heavy atom. The van der Waals surface area contributed by atoms with E-state index in [2.05, 4.69) is 10.6 Å². The van der Waals surface area contributed by atoms with E-state index in [1.165, 1.54) is 0 Å². The quantitative estimate of drug-likeness (QED) is 0.720. The summed E-state index contributed by atoms with van der Waals surface area (Å²) < 4.78 is 4.92. The number of ether oxygens (including phenoxy) is 1. The molecule has 1 aromatic rings. The average molecular weight is 307 g/mol. The molecule has 1 amide bonds. The van der Waals surface area contributed by atoms with Crippen LogP contribution in [0.15, 0.2) is 17.5 Å². The highest BCUT2D eigenvalue weighted by atomic mass is 35.5. The fourth-order valence-electron chi connectivity index (χ4n) is 1.53. The fourth-order valence-corrected chi connectivity index (χ4v) is 2.38. The Morgan fingerprint density at radius 3 is 2.68 bits per heavy atom. The van der Waals surface area contributed by atoms with E-state index in [0.29, 0.717) is 13.2 Å². The second-order valence-electron chi connectivity index (χ2n) is 4.60. The molecule has 0 radical (unpaired) electrons. The van der Waals surface area contributed by atoms with Gasteiger partial charge in [-0.2, -0.15) is 0 Å². The molecule has 0 aliphatic heterocycles. The van der Waals surface area contributed by atoms with Crippen LogP contribution in [0, 0.1) is 0 Å². The lowest BCUT2D eigenvalue weighted by Crippen LogP contribution is -2.42. The molecule has 0 unspecified atom stereocenters. The second-order valence-corrected chi connectivity index (χ2v) is 5.55. The molecule has 1 heterocycles. The lowest BCUT2D eigenvalue weighted by atomic mass is 9.90. The molecule has 0 saturated carbocycles. The minimum Gasteiger partial charge on any atom is -0.383 e. The summed E-state index contributed by atoms with van der Waals surface area (Å²) in [6.07, 6.45) is 0. The molecule has 0 spiro atoms. The first-order valence-electron chi connectivity index (χ1n) is 6.11. The minimum absolute atomic E-state index is 0. The Morgan fingerprint density at radius 2 is 2.11 bits per heavy atom. The van der Waals surface area contributed by atoms with Gasteiger partial charge >= 0.3 is 0 Å². The molecule has 1 rings (SSSR count). The van der Waals surface area contributed by atoms with Crippen LogP contribution in [0.2, 0.25) is 0 Å². The van der Waals surface area contributed by atoms with Crippen molar-refractivity contribution in [2.24, 2.45) is 0 Å². The van der Waals surface area contributed by atoms with Crippen molar-refractivity contribution in [3.05, 3.63) is 22.4 Å². The Balaban J connectivity index is 0.00000324. The summed E-state index contributed by atoms with van der Waals surface area (Å²) in [5, 5.41) is 8.14. The van der Waals surface area contributed by atoms with E-state index in [0.717, 1.165) is 18.0 Å². The molecule has 0 aliphatic carbocycles. The Labute approximate surface area is 125 Å². The number of nitrogens with one attached hydrogen (secondary N) is 2. The number of methoxy groups -OCH3 is 1. The van der Waals surface area contributed by atoms with E-state index in [4.69, 9.17) is 4.74 Å². The van der Waals surface area contributed by atoms with Crippen LogP contribution in [0.25, 0.3) is 0 Å². The normalized spacial score (nSPS) is 10.9. The molecular formula is C13H23ClN2O2S. The Kier molecular flexibility index (Phi) is 9.01. The molecule has 0 saturated heterocycles. The van der Waals surface area contributed by atoms with Crippen LogP contribution in [-0.4, -0.2) is 39.3 Å². The highest BCUT2D eigenvalue weighted by Crippen LogP contribution is 2.27. The molecule has 1 aromatic heterocycles. The third-order valence-corrected chi connectivity index (χ3v) is 3.97. The van der Waals surface area contributed by atoms with Gasteiger partial charge in [-0.25, -0.2) is 0 Å². The predicted molar refractivity (Wildman–Crippen MR) is 82.3 cm³/mol. The molecule has 0 atom stereocenters. The smallest absolute Gasteiger partial charge is 0.230 e. The van der Waals surface area contributed by atoms with Crippen LogP contribution in [0.4, 0.5) is 0 Å². The van der Waals surface area contributed by atoms with Crippen molar-refractivity contribution in [1.82, 2.24) is 10.6 Å². The first-order valence-corrected chi connectivity index (χ1v) is 6.99. The standard InChI is InChI=1S/C13H22N2O2S.ClH/c1-13(2,11-5-4-10-18-11)12(16)15-7-6-14-8-9-17-3;/h4-5,10,14H,6-9H2,1-3H3,(H,15,16);1H. The highest BCUT2D eigenvalue weighted by Gasteiger charge is 2.30. The van der Waals surface area contributed by atoms with Crippen molar-refractivity contribution in [1.29, 1.82) is 0 Å². The summed E-state index contributed by atoms with van der Waals surface area (Å²) >= 11 is 1.62.